The lowest BCUT2D eigenvalue weighted by atomic mass is 9.97. The number of methoxy groups -OCH3 is 1. The maximum absolute atomic E-state index is 5.21. The first-order valence-electron chi connectivity index (χ1n) is 9.98. The summed E-state index contributed by atoms with van der Waals surface area (Å²) in [5.74, 6) is 3.23. The third kappa shape index (κ3) is 7.24. The molecule has 2 N–H and O–H groups in total. The molecule has 0 aliphatic carbocycles. The van der Waals surface area contributed by atoms with E-state index in [4.69, 9.17) is 9.73 Å². The van der Waals surface area contributed by atoms with Gasteiger partial charge in [-0.25, -0.2) is 4.99 Å². The molecule has 1 aliphatic heterocycles. The Morgan fingerprint density at radius 3 is 2.69 bits per heavy atom. The molecule has 146 valence electrons. The highest BCUT2D eigenvalue weighted by molar-refractivity contribution is 5.79. The van der Waals surface area contributed by atoms with Crippen molar-refractivity contribution in [3.05, 3.63) is 29.8 Å². The van der Waals surface area contributed by atoms with E-state index in [1.54, 1.807) is 7.11 Å². The standard InChI is InChI=1S/C21H36N4O/c1-5-22-21(23-13-18-8-10-20(26-4)11-9-18)24-14-19-7-6-12-25(16-19)15-17(2)3/h8-11,17,19H,5-7,12-16H2,1-4H3,(H2,22,23,24). The van der Waals surface area contributed by atoms with Gasteiger partial charge in [0.1, 0.15) is 5.75 Å². The molecule has 1 aromatic carbocycles. The average molecular weight is 361 g/mol. The van der Waals surface area contributed by atoms with Crippen molar-refractivity contribution in [2.24, 2.45) is 16.8 Å². The summed E-state index contributed by atoms with van der Waals surface area (Å²) < 4.78 is 5.21. The van der Waals surface area contributed by atoms with Crippen molar-refractivity contribution < 1.29 is 4.74 Å². The first-order chi connectivity index (χ1) is 12.6. The quantitative estimate of drug-likeness (QED) is 0.552. The van der Waals surface area contributed by atoms with Crippen LogP contribution in [0.1, 0.15) is 39.2 Å². The first-order valence-corrected chi connectivity index (χ1v) is 9.98. The van der Waals surface area contributed by atoms with E-state index in [-0.39, 0.29) is 0 Å². The molecule has 5 nitrogen and oxygen atoms in total. The second-order valence-electron chi connectivity index (χ2n) is 7.59. The van der Waals surface area contributed by atoms with Gasteiger partial charge >= 0.3 is 0 Å². The fourth-order valence-electron chi connectivity index (χ4n) is 3.48. The third-order valence-electron chi connectivity index (χ3n) is 4.71. The van der Waals surface area contributed by atoms with Gasteiger partial charge in [0.2, 0.25) is 0 Å². The highest BCUT2D eigenvalue weighted by Crippen LogP contribution is 2.17. The minimum absolute atomic E-state index is 0.670. The van der Waals surface area contributed by atoms with Crippen LogP contribution in [0.15, 0.2) is 29.3 Å². The maximum Gasteiger partial charge on any atom is 0.191 e. The summed E-state index contributed by atoms with van der Waals surface area (Å²) in [6, 6.07) is 8.10. The normalized spacial score (nSPS) is 18.8. The Labute approximate surface area is 159 Å². The Morgan fingerprint density at radius 1 is 1.27 bits per heavy atom. The molecule has 0 aromatic heterocycles. The molecule has 1 saturated heterocycles. The lowest BCUT2D eigenvalue weighted by molar-refractivity contribution is 0.159. The predicted molar refractivity (Wildman–Crippen MR) is 110 cm³/mol. The number of rotatable bonds is 8. The Kier molecular flexibility index (Phi) is 8.75. The van der Waals surface area contributed by atoms with Crippen LogP contribution in [0.25, 0.3) is 0 Å². The molecular formula is C21H36N4O. The Balaban J connectivity index is 1.84. The van der Waals surface area contributed by atoms with Gasteiger partial charge in [-0.2, -0.15) is 0 Å². The SMILES string of the molecule is CCNC(=NCc1ccc(OC)cc1)NCC1CCCN(CC(C)C)C1. The van der Waals surface area contributed by atoms with Gasteiger partial charge in [0.25, 0.3) is 0 Å². The summed E-state index contributed by atoms with van der Waals surface area (Å²) in [7, 11) is 1.69. The number of nitrogens with zero attached hydrogens (tertiary/aromatic N) is 2. The summed E-state index contributed by atoms with van der Waals surface area (Å²) >= 11 is 0. The lowest BCUT2D eigenvalue weighted by Gasteiger charge is -2.34. The molecule has 0 radical (unpaired) electrons. The highest BCUT2D eigenvalue weighted by Gasteiger charge is 2.20. The number of nitrogens with one attached hydrogen (secondary N) is 2. The zero-order chi connectivity index (χ0) is 18.8. The van der Waals surface area contributed by atoms with Crippen LogP contribution in [0.5, 0.6) is 5.75 Å². The molecule has 0 saturated carbocycles. The van der Waals surface area contributed by atoms with Crippen LogP contribution < -0.4 is 15.4 Å². The van der Waals surface area contributed by atoms with Crippen molar-refractivity contribution in [3.8, 4) is 5.75 Å². The number of piperidine rings is 1. The van der Waals surface area contributed by atoms with E-state index in [2.05, 4.69) is 48.4 Å². The van der Waals surface area contributed by atoms with Crippen LogP contribution in [0.3, 0.4) is 0 Å². The van der Waals surface area contributed by atoms with Gasteiger partial charge in [0, 0.05) is 26.2 Å². The van der Waals surface area contributed by atoms with Gasteiger partial charge in [0.05, 0.1) is 13.7 Å². The van der Waals surface area contributed by atoms with Gasteiger partial charge in [-0.1, -0.05) is 26.0 Å². The molecule has 1 atom stereocenters. The van der Waals surface area contributed by atoms with Crippen molar-refractivity contribution >= 4 is 5.96 Å². The zero-order valence-electron chi connectivity index (χ0n) is 16.9. The van der Waals surface area contributed by atoms with Crippen molar-refractivity contribution in [2.45, 2.75) is 40.2 Å². The number of guanidine groups is 1. The van der Waals surface area contributed by atoms with Gasteiger partial charge in [-0.05, 0) is 55.8 Å². The monoisotopic (exact) mass is 360 g/mol. The molecular weight excluding hydrogens is 324 g/mol. The fraction of sp³-hybridized carbons (Fsp3) is 0.667. The number of benzene rings is 1. The number of likely N-dealkylation sites (tertiary alicyclic amines) is 1. The van der Waals surface area contributed by atoms with Crippen LogP contribution in [-0.2, 0) is 6.54 Å². The molecule has 5 heteroatoms. The molecule has 1 heterocycles. The molecule has 0 bridgehead atoms. The molecule has 0 spiro atoms. The molecule has 26 heavy (non-hydrogen) atoms. The van der Waals surface area contributed by atoms with Crippen molar-refractivity contribution in [2.75, 3.05) is 39.8 Å². The van der Waals surface area contributed by atoms with Gasteiger partial charge in [0.15, 0.2) is 5.96 Å². The molecule has 1 aromatic rings. The Bertz CT molecular complexity index is 541. The van der Waals surface area contributed by atoms with E-state index in [0.29, 0.717) is 12.5 Å². The number of hydrogen-bond donors (Lipinski definition) is 2. The highest BCUT2D eigenvalue weighted by atomic mass is 16.5. The van der Waals surface area contributed by atoms with E-state index in [1.807, 2.05) is 12.1 Å². The van der Waals surface area contributed by atoms with Crippen molar-refractivity contribution in [1.82, 2.24) is 15.5 Å². The minimum Gasteiger partial charge on any atom is -0.497 e. The Hall–Kier alpha value is -1.75. The van der Waals surface area contributed by atoms with E-state index < -0.39 is 0 Å². The first kappa shape index (κ1) is 20.6. The summed E-state index contributed by atoms with van der Waals surface area (Å²) in [5, 5.41) is 6.90. The second kappa shape index (κ2) is 11.1. The van der Waals surface area contributed by atoms with Crippen molar-refractivity contribution in [3.63, 3.8) is 0 Å². The van der Waals surface area contributed by atoms with Crippen molar-refractivity contribution in [1.29, 1.82) is 0 Å². The Morgan fingerprint density at radius 2 is 2.04 bits per heavy atom. The summed E-state index contributed by atoms with van der Waals surface area (Å²) in [5.41, 5.74) is 1.18. The lowest BCUT2D eigenvalue weighted by Crippen LogP contribution is -2.45. The topological polar surface area (TPSA) is 48.9 Å². The van der Waals surface area contributed by atoms with Gasteiger partial charge < -0.3 is 20.3 Å². The molecule has 2 rings (SSSR count). The molecule has 1 fully saturated rings. The van der Waals surface area contributed by atoms with Crippen LogP contribution >= 0.6 is 0 Å². The van der Waals surface area contributed by atoms with Gasteiger partial charge in [-0.15, -0.1) is 0 Å². The van der Waals surface area contributed by atoms with E-state index in [9.17, 15) is 0 Å². The van der Waals surface area contributed by atoms with E-state index in [1.165, 1.54) is 38.0 Å². The minimum atomic E-state index is 0.670. The summed E-state index contributed by atoms with van der Waals surface area (Å²) in [4.78, 5) is 7.34. The number of ether oxygens (including phenoxy) is 1. The zero-order valence-corrected chi connectivity index (χ0v) is 16.9. The second-order valence-corrected chi connectivity index (χ2v) is 7.59. The van der Waals surface area contributed by atoms with E-state index in [0.717, 1.165) is 30.7 Å². The number of aliphatic imine (C=N–C) groups is 1. The molecule has 1 aliphatic rings. The largest absolute Gasteiger partial charge is 0.497 e. The smallest absolute Gasteiger partial charge is 0.191 e. The maximum atomic E-state index is 5.21. The van der Waals surface area contributed by atoms with Crippen LogP contribution in [0.2, 0.25) is 0 Å². The summed E-state index contributed by atoms with van der Waals surface area (Å²) in [6.45, 7) is 12.9. The fourth-order valence-corrected chi connectivity index (χ4v) is 3.48. The number of hydrogen-bond acceptors (Lipinski definition) is 3. The van der Waals surface area contributed by atoms with Gasteiger partial charge in [-0.3, -0.25) is 0 Å². The van der Waals surface area contributed by atoms with E-state index >= 15 is 0 Å². The average Bonchev–Trinajstić information content (AvgIpc) is 2.64. The van der Waals surface area contributed by atoms with Crippen LogP contribution in [0.4, 0.5) is 0 Å². The summed E-state index contributed by atoms with van der Waals surface area (Å²) in [6.07, 6.45) is 2.61. The third-order valence-corrected chi connectivity index (χ3v) is 4.71. The predicted octanol–water partition coefficient (Wildman–Crippen LogP) is 3.12. The molecule has 1 unspecified atom stereocenters. The van der Waals surface area contributed by atoms with Crippen LogP contribution in [0, 0.1) is 11.8 Å². The molecule has 0 amide bonds. The van der Waals surface area contributed by atoms with Crippen LogP contribution in [-0.4, -0.2) is 50.7 Å².